The Labute approximate surface area is 127 Å². The van der Waals surface area contributed by atoms with Crippen LogP contribution in [0.3, 0.4) is 0 Å². The highest BCUT2D eigenvalue weighted by Gasteiger charge is 2.09. The summed E-state index contributed by atoms with van der Waals surface area (Å²) in [6.07, 6.45) is 1.68. The van der Waals surface area contributed by atoms with Gasteiger partial charge in [0.1, 0.15) is 5.75 Å². The SMILES string of the molecule is CCOc1cccc(Nc2nc(N)n(-c3ccccn3)n2)c1. The van der Waals surface area contributed by atoms with Crippen LogP contribution >= 0.6 is 0 Å². The molecule has 3 aromatic rings. The Morgan fingerprint density at radius 3 is 2.91 bits per heavy atom. The summed E-state index contributed by atoms with van der Waals surface area (Å²) in [4.78, 5) is 8.40. The molecule has 22 heavy (non-hydrogen) atoms. The molecule has 3 N–H and O–H groups in total. The molecule has 3 rings (SSSR count). The molecule has 0 amide bonds. The van der Waals surface area contributed by atoms with E-state index >= 15 is 0 Å². The van der Waals surface area contributed by atoms with Crippen LogP contribution in [-0.2, 0) is 0 Å². The molecule has 0 spiro atoms. The molecule has 0 aliphatic heterocycles. The smallest absolute Gasteiger partial charge is 0.248 e. The number of anilines is 3. The Balaban J connectivity index is 1.83. The van der Waals surface area contributed by atoms with E-state index in [0.717, 1.165) is 11.4 Å². The quantitative estimate of drug-likeness (QED) is 0.751. The predicted octanol–water partition coefficient (Wildman–Crippen LogP) is 2.39. The van der Waals surface area contributed by atoms with E-state index in [2.05, 4.69) is 20.4 Å². The minimum Gasteiger partial charge on any atom is -0.494 e. The lowest BCUT2D eigenvalue weighted by Crippen LogP contribution is -2.04. The van der Waals surface area contributed by atoms with E-state index in [9.17, 15) is 0 Å². The molecule has 7 nitrogen and oxygen atoms in total. The number of nitrogens with two attached hydrogens (primary N) is 1. The normalized spacial score (nSPS) is 10.4. The van der Waals surface area contributed by atoms with Gasteiger partial charge < -0.3 is 15.8 Å². The molecule has 0 fully saturated rings. The lowest BCUT2D eigenvalue weighted by atomic mass is 10.3. The van der Waals surface area contributed by atoms with Crippen molar-refractivity contribution in [1.82, 2.24) is 19.7 Å². The summed E-state index contributed by atoms with van der Waals surface area (Å²) < 4.78 is 6.94. The van der Waals surface area contributed by atoms with Gasteiger partial charge in [0.2, 0.25) is 11.9 Å². The Morgan fingerprint density at radius 2 is 2.14 bits per heavy atom. The van der Waals surface area contributed by atoms with E-state index < -0.39 is 0 Å². The molecular formula is C15H16N6O. The Kier molecular flexibility index (Phi) is 3.86. The van der Waals surface area contributed by atoms with Crippen LogP contribution in [0.5, 0.6) is 5.75 Å². The molecule has 0 aliphatic rings. The molecule has 7 heteroatoms. The van der Waals surface area contributed by atoms with Crippen molar-refractivity contribution in [2.24, 2.45) is 0 Å². The van der Waals surface area contributed by atoms with Crippen LogP contribution in [0.1, 0.15) is 6.92 Å². The molecule has 0 saturated carbocycles. The van der Waals surface area contributed by atoms with E-state index in [1.165, 1.54) is 4.68 Å². The van der Waals surface area contributed by atoms with Crippen LogP contribution in [0.2, 0.25) is 0 Å². The van der Waals surface area contributed by atoms with Gasteiger partial charge in [0.15, 0.2) is 5.82 Å². The van der Waals surface area contributed by atoms with Gasteiger partial charge in [-0.25, -0.2) is 4.98 Å². The van der Waals surface area contributed by atoms with Crippen LogP contribution in [-0.4, -0.2) is 26.4 Å². The van der Waals surface area contributed by atoms with E-state index in [1.807, 2.05) is 49.4 Å². The standard InChI is InChI=1S/C15H16N6O/c1-2-22-12-7-5-6-11(10-12)18-15-19-14(16)21(20-15)13-8-3-4-9-17-13/h3-10H,2H2,1H3,(H3,16,18,19,20). The molecular weight excluding hydrogens is 280 g/mol. The zero-order valence-electron chi connectivity index (χ0n) is 12.1. The van der Waals surface area contributed by atoms with Crippen LogP contribution in [0.15, 0.2) is 48.7 Å². The second kappa shape index (κ2) is 6.13. The van der Waals surface area contributed by atoms with E-state index in [4.69, 9.17) is 10.5 Å². The number of aromatic nitrogens is 4. The average Bonchev–Trinajstić information content (AvgIpc) is 2.89. The first-order valence-corrected chi connectivity index (χ1v) is 6.90. The van der Waals surface area contributed by atoms with E-state index in [0.29, 0.717) is 18.4 Å². The molecule has 2 heterocycles. The van der Waals surface area contributed by atoms with Gasteiger partial charge >= 0.3 is 0 Å². The highest BCUT2D eigenvalue weighted by molar-refractivity contribution is 5.56. The maximum Gasteiger partial charge on any atom is 0.248 e. The van der Waals surface area contributed by atoms with E-state index in [-0.39, 0.29) is 5.95 Å². The van der Waals surface area contributed by atoms with Crippen molar-refractivity contribution >= 4 is 17.6 Å². The minimum absolute atomic E-state index is 0.266. The monoisotopic (exact) mass is 296 g/mol. The summed E-state index contributed by atoms with van der Waals surface area (Å²) in [7, 11) is 0. The summed E-state index contributed by atoms with van der Waals surface area (Å²) >= 11 is 0. The van der Waals surface area contributed by atoms with Gasteiger partial charge in [0.25, 0.3) is 0 Å². The highest BCUT2D eigenvalue weighted by Crippen LogP contribution is 2.21. The third-order valence-electron chi connectivity index (χ3n) is 2.90. The minimum atomic E-state index is 0.266. The number of hydrogen-bond donors (Lipinski definition) is 2. The fraction of sp³-hybridized carbons (Fsp3) is 0.133. The van der Waals surface area contributed by atoms with Crippen LogP contribution in [0, 0.1) is 0 Å². The summed E-state index contributed by atoms with van der Waals surface area (Å²) in [5.74, 6) is 2.06. The first-order valence-electron chi connectivity index (χ1n) is 6.90. The summed E-state index contributed by atoms with van der Waals surface area (Å²) in [5, 5.41) is 7.42. The van der Waals surface area contributed by atoms with Crippen molar-refractivity contribution in [3.05, 3.63) is 48.7 Å². The van der Waals surface area contributed by atoms with Crippen molar-refractivity contribution in [2.75, 3.05) is 17.7 Å². The molecule has 0 unspecified atom stereocenters. The molecule has 1 aromatic carbocycles. The van der Waals surface area contributed by atoms with Crippen LogP contribution < -0.4 is 15.8 Å². The Bertz CT molecular complexity index is 756. The molecule has 0 atom stereocenters. The number of ether oxygens (including phenoxy) is 1. The van der Waals surface area contributed by atoms with Gasteiger partial charge in [0.05, 0.1) is 6.61 Å². The van der Waals surface area contributed by atoms with Gasteiger partial charge in [-0.2, -0.15) is 9.67 Å². The molecule has 0 bridgehead atoms. The number of nitrogens with one attached hydrogen (secondary N) is 1. The largest absolute Gasteiger partial charge is 0.494 e. The van der Waals surface area contributed by atoms with Gasteiger partial charge in [-0.05, 0) is 31.2 Å². The number of nitrogen functional groups attached to an aromatic ring is 1. The topological polar surface area (TPSA) is 90.9 Å². The second-order valence-corrected chi connectivity index (χ2v) is 4.48. The van der Waals surface area contributed by atoms with Crippen molar-refractivity contribution < 1.29 is 4.74 Å². The molecule has 0 saturated heterocycles. The summed E-state index contributed by atoms with van der Waals surface area (Å²) in [6.45, 7) is 2.56. The highest BCUT2D eigenvalue weighted by atomic mass is 16.5. The van der Waals surface area contributed by atoms with Crippen LogP contribution in [0.25, 0.3) is 5.82 Å². The van der Waals surface area contributed by atoms with Crippen molar-refractivity contribution in [3.63, 3.8) is 0 Å². The zero-order chi connectivity index (χ0) is 15.4. The van der Waals surface area contributed by atoms with Crippen molar-refractivity contribution in [1.29, 1.82) is 0 Å². The van der Waals surface area contributed by atoms with E-state index in [1.54, 1.807) is 6.20 Å². The lowest BCUT2D eigenvalue weighted by Gasteiger charge is -2.06. The third kappa shape index (κ3) is 2.98. The van der Waals surface area contributed by atoms with Crippen LogP contribution in [0.4, 0.5) is 17.6 Å². The molecule has 112 valence electrons. The fourth-order valence-corrected chi connectivity index (χ4v) is 1.98. The predicted molar refractivity (Wildman–Crippen MR) is 84.5 cm³/mol. The number of hydrogen-bond acceptors (Lipinski definition) is 6. The molecule has 2 aromatic heterocycles. The van der Waals surface area contributed by atoms with Gasteiger partial charge in [-0.1, -0.05) is 12.1 Å². The maximum atomic E-state index is 5.89. The van der Waals surface area contributed by atoms with Crippen molar-refractivity contribution in [3.8, 4) is 11.6 Å². The maximum absolute atomic E-state index is 5.89. The summed E-state index contributed by atoms with van der Waals surface area (Å²) in [5.41, 5.74) is 6.71. The number of nitrogens with zero attached hydrogens (tertiary/aromatic N) is 4. The van der Waals surface area contributed by atoms with Gasteiger partial charge in [0, 0.05) is 18.0 Å². The first-order chi connectivity index (χ1) is 10.8. The molecule has 0 aliphatic carbocycles. The summed E-state index contributed by atoms with van der Waals surface area (Å²) in [6, 6.07) is 13.1. The fourth-order valence-electron chi connectivity index (χ4n) is 1.98. The Morgan fingerprint density at radius 1 is 1.23 bits per heavy atom. The van der Waals surface area contributed by atoms with Gasteiger partial charge in [-0.3, -0.25) is 0 Å². The third-order valence-corrected chi connectivity index (χ3v) is 2.90. The lowest BCUT2D eigenvalue weighted by molar-refractivity contribution is 0.340. The number of rotatable bonds is 5. The number of pyridine rings is 1. The molecule has 0 radical (unpaired) electrons. The Hall–Kier alpha value is -3.09. The second-order valence-electron chi connectivity index (χ2n) is 4.48. The van der Waals surface area contributed by atoms with Gasteiger partial charge in [-0.15, -0.1) is 5.10 Å². The number of benzene rings is 1. The van der Waals surface area contributed by atoms with Crippen molar-refractivity contribution in [2.45, 2.75) is 6.92 Å². The zero-order valence-corrected chi connectivity index (χ0v) is 12.1. The first kappa shape index (κ1) is 13.9. The average molecular weight is 296 g/mol.